The number of para-hydroxylation sites is 1. The van der Waals surface area contributed by atoms with Crippen molar-refractivity contribution >= 4 is 39.8 Å². The molecular formula is C23H21F3N6O4. The molecule has 10 nitrogen and oxygen atoms in total. The molecule has 5 rings (SSSR count). The van der Waals surface area contributed by atoms with Gasteiger partial charge >= 0.3 is 12.1 Å². The number of amides is 1. The number of halogens is 3. The second-order valence-corrected chi connectivity index (χ2v) is 9.17. The summed E-state index contributed by atoms with van der Waals surface area (Å²) >= 11 is 0. The first-order valence-electron chi connectivity index (χ1n) is 11.0. The van der Waals surface area contributed by atoms with E-state index in [9.17, 15) is 27.9 Å². The van der Waals surface area contributed by atoms with E-state index in [0.29, 0.717) is 16.5 Å². The Morgan fingerprint density at radius 1 is 1.22 bits per heavy atom. The van der Waals surface area contributed by atoms with E-state index in [0.717, 1.165) is 0 Å². The molecular weight excluding hydrogens is 481 g/mol. The topological polar surface area (TPSA) is 137 Å². The molecule has 0 radical (unpaired) electrons. The molecule has 1 aliphatic rings. The highest BCUT2D eigenvalue weighted by Gasteiger charge is 2.44. The number of aromatic amines is 1. The number of carbonyl (C=O) groups excluding carboxylic acids is 1. The lowest BCUT2D eigenvalue weighted by atomic mass is 9.85. The van der Waals surface area contributed by atoms with Gasteiger partial charge in [0.1, 0.15) is 17.1 Å². The quantitative estimate of drug-likeness (QED) is 0.378. The summed E-state index contributed by atoms with van der Waals surface area (Å²) < 4.78 is 46.9. The van der Waals surface area contributed by atoms with Gasteiger partial charge < -0.3 is 19.7 Å². The second-order valence-electron chi connectivity index (χ2n) is 9.17. The molecule has 4 aromatic rings. The fourth-order valence-corrected chi connectivity index (χ4v) is 4.40. The van der Waals surface area contributed by atoms with E-state index in [2.05, 4.69) is 25.5 Å². The third kappa shape index (κ3) is 3.89. The van der Waals surface area contributed by atoms with E-state index in [1.165, 1.54) is 11.1 Å². The number of nitrogens with zero attached hydrogens (tertiary/aromatic N) is 4. The molecule has 3 aromatic heterocycles. The Kier molecular flexibility index (Phi) is 5.38. The Bertz CT molecular complexity index is 1460. The van der Waals surface area contributed by atoms with Crippen molar-refractivity contribution in [3.05, 3.63) is 48.0 Å². The molecule has 188 valence electrons. The number of carboxylic acid groups (broad SMARTS) is 1. The van der Waals surface area contributed by atoms with E-state index in [-0.39, 0.29) is 35.8 Å². The summed E-state index contributed by atoms with van der Waals surface area (Å²) in [7, 11) is 0. The highest BCUT2D eigenvalue weighted by molar-refractivity contribution is 6.06. The SMILES string of the molecule is CC(C)(C(=O)NC1CC(C(=O)O)N(c2nc(C(F)(F)F)nc3c2oc2ccccc23)C1)c1cn[nH]c1. The molecule has 1 amide bonds. The third-order valence-corrected chi connectivity index (χ3v) is 6.44. The largest absolute Gasteiger partial charge is 0.480 e. The Balaban J connectivity index is 1.55. The van der Waals surface area contributed by atoms with Crippen molar-refractivity contribution in [2.45, 2.75) is 43.9 Å². The number of hydrogen-bond donors (Lipinski definition) is 3. The molecule has 0 spiro atoms. The highest BCUT2D eigenvalue weighted by atomic mass is 19.4. The van der Waals surface area contributed by atoms with Crippen LogP contribution in [0.1, 0.15) is 31.7 Å². The number of aromatic nitrogens is 4. The number of nitrogens with one attached hydrogen (secondary N) is 2. The summed E-state index contributed by atoms with van der Waals surface area (Å²) in [6.07, 6.45) is -1.82. The number of hydrogen-bond acceptors (Lipinski definition) is 7. The van der Waals surface area contributed by atoms with Gasteiger partial charge in [0.25, 0.3) is 0 Å². The molecule has 36 heavy (non-hydrogen) atoms. The van der Waals surface area contributed by atoms with E-state index >= 15 is 0 Å². The van der Waals surface area contributed by atoms with Gasteiger partial charge in [0.05, 0.1) is 11.6 Å². The lowest BCUT2D eigenvalue weighted by Gasteiger charge is -2.25. The molecule has 0 bridgehead atoms. The van der Waals surface area contributed by atoms with Crippen LogP contribution in [0.5, 0.6) is 0 Å². The van der Waals surface area contributed by atoms with E-state index < -0.39 is 35.5 Å². The summed E-state index contributed by atoms with van der Waals surface area (Å²) in [5.74, 6) is -3.35. The van der Waals surface area contributed by atoms with Crippen molar-refractivity contribution < 1.29 is 32.3 Å². The first-order chi connectivity index (χ1) is 17.0. The van der Waals surface area contributed by atoms with Gasteiger partial charge in [-0.25, -0.2) is 14.8 Å². The van der Waals surface area contributed by atoms with Crippen molar-refractivity contribution in [2.24, 2.45) is 0 Å². The maximum absolute atomic E-state index is 13.7. The number of carbonyl (C=O) groups is 2. The Morgan fingerprint density at radius 2 is 1.97 bits per heavy atom. The Hall–Kier alpha value is -4.16. The molecule has 1 fully saturated rings. The van der Waals surface area contributed by atoms with Crippen LogP contribution in [0, 0.1) is 0 Å². The van der Waals surface area contributed by atoms with Crippen LogP contribution in [0.15, 0.2) is 41.1 Å². The second kappa shape index (κ2) is 8.21. The van der Waals surface area contributed by atoms with Crippen molar-refractivity contribution in [1.82, 2.24) is 25.5 Å². The summed E-state index contributed by atoms with van der Waals surface area (Å²) in [6, 6.07) is 4.51. The predicted octanol–water partition coefficient (Wildman–Crippen LogP) is 3.24. The molecule has 13 heteroatoms. The van der Waals surface area contributed by atoms with Gasteiger partial charge in [0.2, 0.25) is 11.7 Å². The fourth-order valence-electron chi connectivity index (χ4n) is 4.40. The van der Waals surface area contributed by atoms with Crippen molar-refractivity contribution in [3.8, 4) is 0 Å². The molecule has 0 aliphatic carbocycles. The lowest BCUT2D eigenvalue weighted by Crippen LogP contribution is -2.46. The molecule has 1 saturated heterocycles. The third-order valence-electron chi connectivity index (χ3n) is 6.44. The van der Waals surface area contributed by atoms with E-state index in [1.54, 1.807) is 44.3 Å². The normalized spacial score (nSPS) is 18.8. The first kappa shape index (κ1) is 23.6. The molecule has 3 N–H and O–H groups in total. The maximum Gasteiger partial charge on any atom is 0.451 e. The zero-order valence-corrected chi connectivity index (χ0v) is 19.1. The fraction of sp³-hybridized carbons (Fsp3) is 0.348. The zero-order valence-electron chi connectivity index (χ0n) is 19.1. The number of alkyl halides is 3. The van der Waals surface area contributed by atoms with Crippen molar-refractivity contribution in [2.75, 3.05) is 11.4 Å². The van der Waals surface area contributed by atoms with Crippen LogP contribution in [-0.4, -0.2) is 55.8 Å². The average molecular weight is 502 g/mol. The number of furan rings is 1. The minimum atomic E-state index is -4.87. The zero-order chi connectivity index (χ0) is 25.8. The number of fused-ring (bicyclic) bond motifs is 3. The minimum Gasteiger partial charge on any atom is -0.480 e. The molecule has 2 unspecified atom stereocenters. The number of carboxylic acids is 1. The predicted molar refractivity (Wildman–Crippen MR) is 121 cm³/mol. The summed E-state index contributed by atoms with van der Waals surface area (Å²) in [4.78, 5) is 33.8. The van der Waals surface area contributed by atoms with Crippen molar-refractivity contribution in [3.63, 3.8) is 0 Å². The number of anilines is 1. The van der Waals surface area contributed by atoms with Gasteiger partial charge in [-0.05, 0) is 26.0 Å². The molecule has 1 aliphatic heterocycles. The Labute approximate surface area is 201 Å². The number of benzene rings is 1. The number of aliphatic carboxylic acids is 1. The van der Waals surface area contributed by atoms with Crippen LogP contribution in [0.2, 0.25) is 0 Å². The van der Waals surface area contributed by atoms with Gasteiger partial charge in [0.15, 0.2) is 11.4 Å². The van der Waals surface area contributed by atoms with Crippen molar-refractivity contribution in [1.29, 1.82) is 0 Å². The Morgan fingerprint density at radius 3 is 2.64 bits per heavy atom. The molecule has 0 saturated carbocycles. The summed E-state index contributed by atoms with van der Waals surface area (Å²) in [5.41, 5.74) is -0.190. The van der Waals surface area contributed by atoms with Crippen LogP contribution < -0.4 is 10.2 Å². The van der Waals surface area contributed by atoms with Gasteiger partial charge in [-0.15, -0.1) is 0 Å². The standard InChI is InChI=1S/C23H21F3N6O4/c1-22(2,11-8-27-28-9-11)21(35)29-12-7-14(19(33)34)32(10-12)18-17-16(30-20(31-18)23(24,25)26)13-5-3-4-6-15(13)36-17/h3-6,8-9,12,14H,7,10H2,1-2H3,(H,27,28)(H,29,35)(H,33,34). The first-order valence-corrected chi connectivity index (χ1v) is 11.0. The monoisotopic (exact) mass is 502 g/mol. The summed E-state index contributed by atoms with van der Waals surface area (Å²) in [6.45, 7) is 3.28. The van der Waals surface area contributed by atoms with Crippen LogP contribution in [-0.2, 0) is 21.2 Å². The molecule has 1 aromatic carbocycles. The molecule has 2 atom stereocenters. The number of H-pyrrole nitrogens is 1. The van der Waals surface area contributed by atoms with Gasteiger partial charge in [-0.2, -0.15) is 18.3 Å². The molecule has 4 heterocycles. The van der Waals surface area contributed by atoms with Crippen LogP contribution in [0.25, 0.3) is 22.1 Å². The highest BCUT2D eigenvalue weighted by Crippen LogP contribution is 2.39. The summed E-state index contributed by atoms with van der Waals surface area (Å²) in [5, 5.41) is 19.6. The van der Waals surface area contributed by atoms with E-state index in [1.807, 2.05) is 0 Å². The van der Waals surface area contributed by atoms with Crippen LogP contribution in [0.4, 0.5) is 19.0 Å². The van der Waals surface area contributed by atoms with Gasteiger partial charge in [-0.3, -0.25) is 9.89 Å². The van der Waals surface area contributed by atoms with E-state index in [4.69, 9.17) is 4.42 Å². The smallest absolute Gasteiger partial charge is 0.451 e. The lowest BCUT2D eigenvalue weighted by molar-refractivity contribution is -0.144. The number of rotatable bonds is 5. The van der Waals surface area contributed by atoms with Crippen LogP contribution >= 0.6 is 0 Å². The average Bonchev–Trinajstić information content (AvgIpc) is 3.56. The van der Waals surface area contributed by atoms with Gasteiger partial charge in [-0.1, -0.05) is 12.1 Å². The van der Waals surface area contributed by atoms with Crippen LogP contribution in [0.3, 0.4) is 0 Å². The maximum atomic E-state index is 13.7. The minimum absolute atomic E-state index is 0.0460. The van der Waals surface area contributed by atoms with Gasteiger partial charge in [0, 0.05) is 36.2 Å².